The van der Waals surface area contributed by atoms with E-state index in [1.807, 2.05) is 18.2 Å². The summed E-state index contributed by atoms with van der Waals surface area (Å²) in [5.41, 5.74) is 0.890. The molecule has 0 aliphatic carbocycles. The second-order valence-corrected chi connectivity index (χ2v) is 8.08. The summed E-state index contributed by atoms with van der Waals surface area (Å²) in [5, 5.41) is 10.6. The first kappa shape index (κ1) is 16.5. The van der Waals surface area contributed by atoms with Crippen molar-refractivity contribution in [1.29, 1.82) is 0 Å². The number of carbonyl (C=O) groups excluding carboxylic acids is 1. The number of aromatic hydroxyl groups is 1. The van der Waals surface area contributed by atoms with Gasteiger partial charge in [0.25, 0.3) is 5.91 Å². The van der Waals surface area contributed by atoms with E-state index in [1.165, 1.54) is 11.8 Å². The van der Waals surface area contributed by atoms with E-state index in [1.54, 1.807) is 0 Å². The standard InChI is InChI=1S/C14H12I2N2O3S/c15-9-5-8(6-10(16)12(9)19)7-11-13(20)17-14(22-11)18-1-3-21-4-2-18/h5-7,19H,1-4H2/b11-7+. The number of aliphatic imine (C=N–C) groups is 1. The van der Waals surface area contributed by atoms with Gasteiger partial charge in [-0.3, -0.25) is 4.79 Å². The average Bonchev–Trinajstić information content (AvgIpc) is 2.87. The lowest BCUT2D eigenvalue weighted by molar-refractivity contribution is -0.113. The molecular weight excluding hydrogens is 530 g/mol. The monoisotopic (exact) mass is 542 g/mol. The minimum absolute atomic E-state index is 0.204. The average molecular weight is 542 g/mol. The van der Waals surface area contributed by atoms with E-state index in [4.69, 9.17) is 4.74 Å². The highest BCUT2D eigenvalue weighted by Crippen LogP contribution is 2.33. The number of amidine groups is 1. The van der Waals surface area contributed by atoms with Crippen LogP contribution in [0.3, 0.4) is 0 Å². The van der Waals surface area contributed by atoms with E-state index in [0.29, 0.717) is 18.1 Å². The third kappa shape index (κ3) is 3.60. The van der Waals surface area contributed by atoms with Crippen molar-refractivity contribution in [3.63, 3.8) is 0 Å². The van der Waals surface area contributed by atoms with Crippen molar-refractivity contribution in [2.45, 2.75) is 0 Å². The highest BCUT2D eigenvalue weighted by Gasteiger charge is 2.27. The summed E-state index contributed by atoms with van der Waals surface area (Å²) in [7, 11) is 0. The Balaban J connectivity index is 1.80. The maximum absolute atomic E-state index is 12.1. The number of nitrogens with zero attached hydrogens (tertiary/aromatic N) is 2. The van der Waals surface area contributed by atoms with Crippen LogP contribution in [0.5, 0.6) is 5.75 Å². The van der Waals surface area contributed by atoms with Crippen LogP contribution in [0.15, 0.2) is 22.0 Å². The van der Waals surface area contributed by atoms with Gasteiger partial charge in [-0.1, -0.05) is 0 Å². The lowest BCUT2D eigenvalue weighted by Crippen LogP contribution is -2.38. The Morgan fingerprint density at radius 3 is 2.55 bits per heavy atom. The summed E-state index contributed by atoms with van der Waals surface area (Å²) >= 11 is 5.56. The summed E-state index contributed by atoms with van der Waals surface area (Å²) in [6, 6.07) is 3.71. The minimum Gasteiger partial charge on any atom is -0.506 e. The van der Waals surface area contributed by atoms with E-state index >= 15 is 0 Å². The number of phenols is 1. The molecule has 1 amide bonds. The fourth-order valence-corrected chi connectivity index (χ4v) is 4.89. The maximum atomic E-state index is 12.1. The Kier molecular flexibility index (Phi) is 5.30. The third-order valence-corrected chi connectivity index (χ3v) is 5.92. The summed E-state index contributed by atoms with van der Waals surface area (Å²) in [6.07, 6.45) is 1.83. The number of thioether (sulfide) groups is 1. The number of morpholine rings is 1. The molecule has 0 saturated carbocycles. The van der Waals surface area contributed by atoms with Gasteiger partial charge in [-0.15, -0.1) is 0 Å². The van der Waals surface area contributed by atoms with Crippen LogP contribution in [-0.2, 0) is 9.53 Å². The van der Waals surface area contributed by atoms with Gasteiger partial charge in [0.15, 0.2) is 5.17 Å². The Hall–Kier alpha value is -0.330. The zero-order chi connectivity index (χ0) is 15.7. The van der Waals surface area contributed by atoms with Crippen molar-refractivity contribution in [3.05, 3.63) is 29.7 Å². The molecule has 1 N–H and O–H groups in total. The first-order valence-corrected chi connectivity index (χ1v) is 9.55. The molecule has 1 aromatic carbocycles. The highest BCUT2D eigenvalue weighted by atomic mass is 127. The topological polar surface area (TPSA) is 62.1 Å². The Bertz CT molecular complexity index is 662. The Morgan fingerprint density at radius 2 is 1.91 bits per heavy atom. The maximum Gasteiger partial charge on any atom is 0.286 e. The molecule has 2 aliphatic heterocycles. The highest BCUT2D eigenvalue weighted by molar-refractivity contribution is 14.1. The fraction of sp³-hybridized carbons (Fsp3) is 0.286. The number of rotatable bonds is 1. The Labute approximate surface area is 159 Å². The van der Waals surface area contributed by atoms with Crippen molar-refractivity contribution in [2.75, 3.05) is 26.3 Å². The molecular formula is C14H12I2N2O3S. The molecule has 2 heterocycles. The van der Waals surface area contributed by atoms with Gasteiger partial charge in [-0.25, -0.2) is 0 Å². The summed E-state index contributed by atoms with van der Waals surface area (Å²) in [4.78, 5) is 18.9. The van der Waals surface area contributed by atoms with Gasteiger partial charge < -0.3 is 14.7 Å². The molecule has 0 radical (unpaired) electrons. The number of hydrogen-bond acceptors (Lipinski definition) is 5. The van der Waals surface area contributed by atoms with Crippen molar-refractivity contribution in [3.8, 4) is 5.75 Å². The van der Waals surface area contributed by atoms with Gasteiger partial charge in [0, 0.05) is 13.1 Å². The predicted molar refractivity (Wildman–Crippen MR) is 104 cm³/mol. The number of amides is 1. The second kappa shape index (κ2) is 7.05. The first-order valence-electron chi connectivity index (χ1n) is 6.58. The molecule has 1 aromatic rings. The molecule has 3 rings (SSSR count). The molecule has 8 heteroatoms. The van der Waals surface area contributed by atoms with E-state index in [-0.39, 0.29) is 11.7 Å². The van der Waals surface area contributed by atoms with E-state index in [0.717, 1.165) is 31.0 Å². The lowest BCUT2D eigenvalue weighted by atomic mass is 10.2. The fourth-order valence-electron chi connectivity index (χ4n) is 2.11. The number of benzene rings is 1. The summed E-state index contributed by atoms with van der Waals surface area (Å²) in [6.45, 7) is 2.87. The van der Waals surface area contributed by atoms with Crippen LogP contribution in [0.4, 0.5) is 0 Å². The number of ether oxygens (including phenoxy) is 1. The smallest absolute Gasteiger partial charge is 0.286 e. The molecule has 22 heavy (non-hydrogen) atoms. The zero-order valence-electron chi connectivity index (χ0n) is 11.4. The first-order chi connectivity index (χ1) is 10.5. The zero-order valence-corrected chi connectivity index (χ0v) is 16.5. The van der Waals surface area contributed by atoms with Crippen LogP contribution < -0.4 is 0 Å². The lowest BCUT2D eigenvalue weighted by Gasteiger charge is -2.27. The van der Waals surface area contributed by atoms with Crippen LogP contribution in [0.25, 0.3) is 6.08 Å². The van der Waals surface area contributed by atoms with Crippen molar-refractivity contribution < 1.29 is 14.6 Å². The van der Waals surface area contributed by atoms with Crippen LogP contribution in [-0.4, -0.2) is 47.4 Å². The molecule has 116 valence electrons. The van der Waals surface area contributed by atoms with Gasteiger partial charge >= 0.3 is 0 Å². The summed E-state index contributed by atoms with van der Waals surface area (Å²) < 4.78 is 6.85. The van der Waals surface area contributed by atoms with E-state index in [9.17, 15) is 9.90 Å². The second-order valence-electron chi connectivity index (χ2n) is 4.74. The van der Waals surface area contributed by atoms with Gasteiger partial charge in [0.2, 0.25) is 0 Å². The normalized spacial score (nSPS) is 20.6. The number of halogens is 2. The molecule has 2 aliphatic rings. The molecule has 0 unspecified atom stereocenters. The Morgan fingerprint density at radius 1 is 1.27 bits per heavy atom. The van der Waals surface area contributed by atoms with Gasteiger partial charge in [-0.2, -0.15) is 4.99 Å². The van der Waals surface area contributed by atoms with Crippen LogP contribution >= 0.6 is 56.9 Å². The number of carbonyl (C=O) groups is 1. The molecule has 0 atom stereocenters. The van der Waals surface area contributed by atoms with Crippen LogP contribution in [0.2, 0.25) is 0 Å². The van der Waals surface area contributed by atoms with Crippen LogP contribution in [0, 0.1) is 7.14 Å². The van der Waals surface area contributed by atoms with Crippen molar-refractivity contribution in [1.82, 2.24) is 4.90 Å². The molecule has 1 saturated heterocycles. The quantitative estimate of drug-likeness (QED) is 0.437. The SMILES string of the molecule is O=C1N=C(N2CCOCC2)S/C1=C/c1cc(I)c(O)c(I)c1. The van der Waals surface area contributed by atoms with Gasteiger partial charge in [0.05, 0.1) is 25.3 Å². The van der Waals surface area contributed by atoms with E-state index < -0.39 is 0 Å². The van der Waals surface area contributed by atoms with Crippen molar-refractivity contribution in [2.24, 2.45) is 4.99 Å². The molecule has 5 nitrogen and oxygen atoms in total. The third-order valence-electron chi connectivity index (χ3n) is 3.23. The molecule has 0 spiro atoms. The molecule has 0 aromatic heterocycles. The largest absolute Gasteiger partial charge is 0.506 e. The van der Waals surface area contributed by atoms with E-state index in [2.05, 4.69) is 55.1 Å². The molecule has 0 bridgehead atoms. The number of hydrogen-bond donors (Lipinski definition) is 1. The van der Waals surface area contributed by atoms with Gasteiger partial charge in [-0.05, 0) is 80.7 Å². The van der Waals surface area contributed by atoms with Crippen LogP contribution in [0.1, 0.15) is 5.56 Å². The molecule has 1 fully saturated rings. The predicted octanol–water partition coefficient (Wildman–Crippen LogP) is 2.90. The van der Waals surface area contributed by atoms with Crippen molar-refractivity contribution >= 4 is 74.1 Å². The van der Waals surface area contributed by atoms with Gasteiger partial charge in [0.1, 0.15) is 5.75 Å². The number of phenolic OH excluding ortho intramolecular Hbond substituents is 1. The summed E-state index contributed by atoms with van der Waals surface area (Å²) in [5.74, 6) is 0.0728. The minimum atomic E-state index is -0.204.